The average Bonchev–Trinajstić information content (AvgIpc) is 2.98. The van der Waals surface area contributed by atoms with E-state index < -0.39 is 11.2 Å². The molecular weight excluding hydrogens is 312 g/mol. The molecule has 0 saturated heterocycles. The number of aromatic nitrogens is 4. The van der Waals surface area contributed by atoms with Gasteiger partial charge in [0.15, 0.2) is 5.82 Å². The number of hydrogen-bond acceptors (Lipinski definition) is 7. The van der Waals surface area contributed by atoms with Gasteiger partial charge in [-0.1, -0.05) is 12.1 Å². The van der Waals surface area contributed by atoms with E-state index in [-0.39, 0.29) is 11.0 Å². The Morgan fingerprint density at radius 2 is 2.00 bits per heavy atom. The van der Waals surface area contributed by atoms with Crippen LogP contribution in [-0.2, 0) is 7.05 Å². The number of anilines is 2. The number of nitrogens with two attached hydrogens (primary N) is 2. The van der Waals surface area contributed by atoms with E-state index in [1.165, 1.54) is 13.2 Å². The lowest BCUT2D eigenvalue weighted by atomic mass is 10.1. The van der Waals surface area contributed by atoms with Gasteiger partial charge < -0.3 is 16.5 Å². The lowest BCUT2D eigenvalue weighted by Gasteiger charge is -2.08. The van der Waals surface area contributed by atoms with Crippen LogP contribution in [0.25, 0.3) is 16.7 Å². The van der Waals surface area contributed by atoms with Crippen LogP contribution in [0.15, 0.2) is 40.1 Å². The zero-order valence-electron chi connectivity index (χ0n) is 12.8. The van der Waals surface area contributed by atoms with Crippen molar-refractivity contribution < 1.29 is 0 Å². The summed E-state index contributed by atoms with van der Waals surface area (Å²) in [6, 6.07) is 7.17. The predicted molar refractivity (Wildman–Crippen MR) is 91.2 cm³/mol. The van der Waals surface area contributed by atoms with Crippen LogP contribution in [0.1, 0.15) is 5.56 Å². The van der Waals surface area contributed by atoms with E-state index in [9.17, 15) is 9.59 Å². The summed E-state index contributed by atoms with van der Waals surface area (Å²) in [5, 5.41) is 9.98. The fraction of sp³-hybridized carbons (Fsp3) is 0.0714. The van der Waals surface area contributed by atoms with Crippen molar-refractivity contribution in [1.82, 2.24) is 25.2 Å². The third-order valence-electron chi connectivity index (χ3n) is 3.60. The van der Waals surface area contributed by atoms with E-state index in [4.69, 9.17) is 11.6 Å². The Kier molecular flexibility index (Phi) is 3.80. The Morgan fingerprint density at radius 1 is 1.29 bits per heavy atom. The number of nitrogens with one attached hydrogen (secondary N) is 4. The number of fused-ring (bicyclic) bond motifs is 1. The van der Waals surface area contributed by atoms with Gasteiger partial charge in [-0.2, -0.15) is 5.10 Å². The maximum absolute atomic E-state index is 12.2. The van der Waals surface area contributed by atoms with Gasteiger partial charge in [-0.25, -0.2) is 4.79 Å². The highest BCUT2D eigenvalue weighted by Gasteiger charge is 2.13. The Balaban J connectivity index is 1.98. The first-order valence-corrected chi connectivity index (χ1v) is 6.98. The van der Waals surface area contributed by atoms with Crippen LogP contribution in [0, 0.1) is 0 Å². The summed E-state index contributed by atoms with van der Waals surface area (Å²) in [7, 11) is 1.40. The van der Waals surface area contributed by atoms with Crippen LogP contribution in [0.4, 0.5) is 11.5 Å². The Bertz CT molecular complexity index is 1030. The molecule has 0 amide bonds. The van der Waals surface area contributed by atoms with Crippen molar-refractivity contribution in [1.29, 1.82) is 0 Å². The van der Waals surface area contributed by atoms with Gasteiger partial charge in [-0.05, 0) is 12.1 Å². The smallest absolute Gasteiger partial charge is 0.329 e. The topological polar surface area (TPSA) is 160 Å². The first kappa shape index (κ1) is 15.4. The first-order chi connectivity index (χ1) is 11.5. The summed E-state index contributed by atoms with van der Waals surface area (Å²) in [6.07, 6.45) is 1.36. The van der Waals surface area contributed by atoms with Crippen molar-refractivity contribution in [3.63, 3.8) is 0 Å². The summed E-state index contributed by atoms with van der Waals surface area (Å²) in [4.78, 5) is 26.4. The van der Waals surface area contributed by atoms with Crippen LogP contribution in [0.3, 0.4) is 0 Å². The zero-order valence-corrected chi connectivity index (χ0v) is 12.8. The molecule has 0 radical (unpaired) electrons. The van der Waals surface area contributed by atoms with E-state index in [1.54, 1.807) is 24.3 Å². The SMILES string of the molecule is Cn1c(=O)[nH]c2[nH]nc(Nc3ccc(/C(=C/N)NN)cc3)c2c1=O. The molecule has 0 unspecified atom stereocenters. The predicted octanol–water partition coefficient (Wildman–Crippen LogP) is -0.586. The number of benzene rings is 1. The first-order valence-electron chi connectivity index (χ1n) is 6.98. The molecule has 10 heteroatoms. The molecule has 2 heterocycles. The highest BCUT2D eigenvalue weighted by molar-refractivity contribution is 5.88. The van der Waals surface area contributed by atoms with Crippen LogP contribution >= 0.6 is 0 Å². The molecule has 0 atom stereocenters. The van der Waals surface area contributed by atoms with E-state index in [0.29, 0.717) is 17.2 Å². The second-order valence-electron chi connectivity index (χ2n) is 5.04. The Morgan fingerprint density at radius 3 is 2.62 bits per heavy atom. The van der Waals surface area contributed by atoms with Crippen LogP contribution in [0.2, 0.25) is 0 Å². The fourth-order valence-electron chi connectivity index (χ4n) is 2.28. The summed E-state index contributed by atoms with van der Waals surface area (Å²) in [5.41, 5.74) is 9.36. The van der Waals surface area contributed by atoms with Crippen molar-refractivity contribution >= 4 is 28.2 Å². The molecule has 124 valence electrons. The highest BCUT2D eigenvalue weighted by atomic mass is 16.2. The number of nitrogens with zero attached hydrogens (tertiary/aromatic N) is 2. The number of hydrogen-bond donors (Lipinski definition) is 6. The largest absolute Gasteiger partial charge is 0.403 e. The van der Waals surface area contributed by atoms with Gasteiger partial charge in [-0.3, -0.25) is 25.3 Å². The lowest BCUT2D eigenvalue weighted by Crippen LogP contribution is -2.32. The lowest BCUT2D eigenvalue weighted by molar-refractivity contribution is 0.792. The van der Waals surface area contributed by atoms with Crippen molar-refractivity contribution in [2.75, 3.05) is 5.32 Å². The Hall–Kier alpha value is -3.53. The van der Waals surface area contributed by atoms with E-state index in [2.05, 4.69) is 25.9 Å². The van der Waals surface area contributed by atoms with E-state index in [0.717, 1.165) is 10.1 Å². The van der Waals surface area contributed by atoms with Crippen molar-refractivity contribution in [2.24, 2.45) is 18.6 Å². The second-order valence-corrected chi connectivity index (χ2v) is 5.04. The molecule has 0 fully saturated rings. The normalized spacial score (nSPS) is 11.7. The van der Waals surface area contributed by atoms with E-state index in [1.807, 2.05) is 0 Å². The molecule has 0 aliphatic carbocycles. The molecule has 8 N–H and O–H groups in total. The van der Waals surface area contributed by atoms with Crippen LogP contribution in [-0.4, -0.2) is 19.7 Å². The molecule has 10 nitrogen and oxygen atoms in total. The molecule has 0 aliphatic heterocycles. The molecular formula is C14H16N8O2. The number of rotatable bonds is 4. The molecule has 0 bridgehead atoms. The molecule has 1 aromatic carbocycles. The molecule has 0 aliphatic rings. The highest BCUT2D eigenvalue weighted by Crippen LogP contribution is 2.21. The van der Waals surface area contributed by atoms with Gasteiger partial charge >= 0.3 is 5.69 Å². The minimum absolute atomic E-state index is 0.267. The minimum atomic E-state index is -0.512. The number of H-pyrrole nitrogens is 2. The summed E-state index contributed by atoms with van der Waals surface area (Å²) >= 11 is 0. The molecule has 24 heavy (non-hydrogen) atoms. The van der Waals surface area contributed by atoms with Crippen molar-refractivity contribution in [2.45, 2.75) is 0 Å². The van der Waals surface area contributed by atoms with Crippen molar-refractivity contribution in [3.05, 3.63) is 56.9 Å². The molecule has 3 aromatic rings. The number of hydrazine groups is 1. The Labute approximate surface area is 135 Å². The molecule has 2 aromatic heterocycles. The van der Waals surface area contributed by atoms with Crippen molar-refractivity contribution in [3.8, 4) is 0 Å². The van der Waals surface area contributed by atoms with Gasteiger partial charge in [0, 0.05) is 24.5 Å². The standard InChI is InChI=1S/C14H16N8O2/c1-22-13(23)10-11(20-21-12(10)18-14(22)24)17-8-4-2-7(3-5-8)9(6-15)19-16/h2-6,19H,15-16H2,1H3,(H3,17,18,20,21,24)/b9-6-. The monoisotopic (exact) mass is 328 g/mol. The molecule has 0 spiro atoms. The quantitative estimate of drug-likeness (QED) is 0.276. The fourth-order valence-corrected chi connectivity index (χ4v) is 2.28. The van der Waals surface area contributed by atoms with Crippen LogP contribution in [0.5, 0.6) is 0 Å². The van der Waals surface area contributed by atoms with Gasteiger partial charge in [0.25, 0.3) is 5.56 Å². The maximum Gasteiger partial charge on any atom is 0.329 e. The minimum Gasteiger partial charge on any atom is -0.403 e. The third kappa shape index (κ3) is 2.50. The van der Waals surface area contributed by atoms with Crippen LogP contribution < -0.4 is 33.6 Å². The van der Waals surface area contributed by atoms with Gasteiger partial charge in [0.2, 0.25) is 0 Å². The maximum atomic E-state index is 12.2. The number of aromatic amines is 2. The summed E-state index contributed by atoms with van der Waals surface area (Å²) in [5.74, 6) is 5.69. The summed E-state index contributed by atoms with van der Waals surface area (Å²) in [6.45, 7) is 0. The van der Waals surface area contributed by atoms with Gasteiger partial charge in [0.05, 0.1) is 5.70 Å². The molecule has 0 saturated carbocycles. The van der Waals surface area contributed by atoms with Gasteiger partial charge in [-0.15, -0.1) is 0 Å². The van der Waals surface area contributed by atoms with E-state index >= 15 is 0 Å². The average molecular weight is 328 g/mol. The van der Waals surface area contributed by atoms with Gasteiger partial charge in [0.1, 0.15) is 11.0 Å². The second kappa shape index (κ2) is 5.93. The molecule has 3 rings (SSSR count). The summed E-state index contributed by atoms with van der Waals surface area (Å²) < 4.78 is 0.984. The third-order valence-corrected chi connectivity index (χ3v) is 3.60. The zero-order chi connectivity index (χ0) is 17.3.